The van der Waals surface area contributed by atoms with Crippen molar-refractivity contribution in [1.29, 1.82) is 0 Å². The summed E-state index contributed by atoms with van der Waals surface area (Å²) in [6, 6.07) is 6.16. The number of aliphatic hydroxyl groups is 1. The number of rotatable bonds is 5. The predicted octanol–water partition coefficient (Wildman–Crippen LogP) is 2.77. The van der Waals surface area contributed by atoms with E-state index in [0.29, 0.717) is 11.8 Å². The van der Waals surface area contributed by atoms with Crippen LogP contribution in [0.3, 0.4) is 0 Å². The molecule has 0 aliphatic carbocycles. The number of thioether (sulfide) groups is 1. The summed E-state index contributed by atoms with van der Waals surface area (Å²) in [5.74, 6) is 0. The third-order valence-corrected chi connectivity index (χ3v) is 4.26. The van der Waals surface area contributed by atoms with Gasteiger partial charge in [0.25, 0.3) is 0 Å². The second-order valence-corrected chi connectivity index (χ2v) is 5.74. The van der Waals surface area contributed by atoms with E-state index in [1.165, 1.54) is 4.90 Å². The van der Waals surface area contributed by atoms with Crippen LogP contribution in [0.1, 0.15) is 18.9 Å². The quantitative estimate of drug-likeness (QED) is 0.820. The highest BCUT2D eigenvalue weighted by Gasteiger charge is 2.07. The molecule has 1 atom stereocenters. The van der Waals surface area contributed by atoms with E-state index in [1.807, 2.05) is 12.1 Å². The lowest BCUT2D eigenvalue weighted by molar-refractivity contribution is 0.289. The average Bonchev–Trinajstić information content (AvgIpc) is 2.21. The van der Waals surface area contributed by atoms with Crippen molar-refractivity contribution in [3.8, 4) is 0 Å². The Balaban J connectivity index is 2.69. The highest BCUT2D eigenvalue weighted by atomic mass is 79.9. The number of benzene rings is 1. The lowest BCUT2D eigenvalue weighted by Crippen LogP contribution is -2.00. The van der Waals surface area contributed by atoms with E-state index in [2.05, 4.69) is 28.9 Å². The van der Waals surface area contributed by atoms with Crippen LogP contribution in [0.4, 0.5) is 0 Å². The van der Waals surface area contributed by atoms with Gasteiger partial charge in [0.05, 0.1) is 0 Å². The molecule has 84 valence electrons. The van der Waals surface area contributed by atoms with Gasteiger partial charge in [-0.1, -0.05) is 13.0 Å². The van der Waals surface area contributed by atoms with Crippen molar-refractivity contribution in [3.05, 3.63) is 28.2 Å². The topological polar surface area (TPSA) is 46.2 Å². The maximum absolute atomic E-state index is 8.82. The van der Waals surface area contributed by atoms with Crippen LogP contribution in [-0.4, -0.2) is 17.0 Å². The van der Waals surface area contributed by atoms with Gasteiger partial charge >= 0.3 is 0 Å². The summed E-state index contributed by atoms with van der Waals surface area (Å²) in [5, 5.41) is 9.25. The smallest absolute Gasteiger partial charge is 0.0441 e. The van der Waals surface area contributed by atoms with Crippen LogP contribution >= 0.6 is 27.7 Å². The van der Waals surface area contributed by atoms with E-state index in [9.17, 15) is 0 Å². The van der Waals surface area contributed by atoms with Crippen molar-refractivity contribution in [2.45, 2.75) is 30.0 Å². The Kier molecular flexibility index (Phi) is 5.68. The Bertz CT molecular complexity index is 319. The minimum absolute atomic E-state index is 0.243. The molecule has 0 spiro atoms. The van der Waals surface area contributed by atoms with Crippen molar-refractivity contribution >= 4 is 27.7 Å². The Morgan fingerprint density at radius 1 is 1.53 bits per heavy atom. The van der Waals surface area contributed by atoms with Gasteiger partial charge in [-0.2, -0.15) is 0 Å². The van der Waals surface area contributed by atoms with Gasteiger partial charge in [-0.25, -0.2) is 0 Å². The van der Waals surface area contributed by atoms with Crippen LogP contribution in [0.15, 0.2) is 27.6 Å². The van der Waals surface area contributed by atoms with Crippen LogP contribution in [-0.2, 0) is 6.54 Å². The molecule has 0 radical (unpaired) electrons. The zero-order valence-corrected chi connectivity index (χ0v) is 11.1. The largest absolute Gasteiger partial charge is 0.396 e. The highest BCUT2D eigenvalue weighted by molar-refractivity contribution is 9.10. The van der Waals surface area contributed by atoms with Gasteiger partial charge in [-0.05, 0) is 40.0 Å². The normalized spacial score (nSPS) is 12.8. The molecule has 0 aromatic heterocycles. The second kappa shape index (κ2) is 6.53. The van der Waals surface area contributed by atoms with Crippen LogP contribution in [0, 0.1) is 0 Å². The monoisotopic (exact) mass is 289 g/mol. The van der Waals surface area contributed by atoms with Crippen molar-refractivity contribution in [3.63, 3.8) is 0 Å². The molecule has 0 aliphatic rings. The first-order valence-corrected chi connectivity index (χ1v) is 6.60. The summed E-state index contributed by atoms with van der Waals surface area (Å²) in [6.07, 6.45) is 0.815. The van der Waals surface area contributed by atoms with E-state index < -0.39 is 0 Å². The average molecular weight is 290 g/mol. The maximum atomic E-state index is 8.82. The molecular weight excluding hydrogens is 274 g/mol. The van der Waals surface area contributed by atoms with Crippen LogP contribution in [0.5, 0.6) is 0 Å². The third kappa shape index (κ3) is 4.15. The molecule has 15 heavy (non-hydrogen) atoms. The number of hydrogen-bond acceptors (Lipinski definition) is 3. The Morgan fingerprint density at radius 3 is 2.80 bits per heavy atom. The van der Waals surface area contributed by atoms with E-state index in [4.69, 9.17) is 10.8 Å². The lowest BCUT2D eigenvalue weighted by Gasteiger charge is -2.11. The molecule has 1 aromatic carbocycles. The summed E-state index contributed by atoms with van der Waals surface area (Å²) in [5.41, 5.74) is 6.68. The van der Waals surface area contributed by atoms with E-state index in [0.717, 1.165) is 16.5 Å². The van der Waals surface area contributed by atoms with Crippen molar-refractivity contribution in [2.24, 2.45) is 5.73 Å². The molecule has 0 heterocycles. The standard InChI is InChI=1S/C11H16BrNOS/c1-8(4-5-14)15-11-3-2-9(7-13)6-10(11)12/h2-3,6,8,14H,4-5,7,13H2,1H3. The van der Waals surface area contributed by atoms with E-state index in [1.54, 1.807) is 11.8 Å². The first-order chi connectivity index (χ1) is 7.17. The summed E-state index contributed by atoms with van der Waals surface area (Å²) >= 11 is 5.29. The first kappa shape index (κ1) is 13.0. The summed E-state index contributed by atoms with van der Waals surface area (Å²) < 4.78 is 1.08. The molecule has 0 saturated carbocycles. The van der Waals surface area contributed by atoms with Gasteiger partial charge in [0.15, 0.2) is 0 Å². The van der Waals surface area contributed by atoms with Crippen LogP contribution < -0.4 is 5.73 Å². The fourth-order valence-electron chi connectivity index (χ4n) is 1.22. The van der Waals surface area contributed by atoms with Gasteiger partial charge < -0.3 is 10.8 Å². The minimum atomic E-state index is 0.243. The molecule has 3 N–H and O–H groups in total. The fourth-order valence-corrected chi connectivity index (χ4v) is 2.91. The lowest BCUT2D eigenvalue weighted by atomic mass is 10.2. The maximum Gasteiger partial charge on any atom is 0.0441 e. The zero-order chi connectivity index (χ0) is 11.3. The first-order valence-electron chi connectivity index (χ1n) is 4.93. The second-order valence-electron chi connectivity index (χ2n) is 3.41. The Morgan fingerprint density at radius 2 is 2.27 bits per heavy atom. The van der Waals surface area contributed by atoms with E-state index in [-0.39, 0.29) is 6.61 Å². The minimum Gasteiger partial charge on any atom is -0.396 e. The van der Waals surface area contributed by atoms with E-state index >= 15 is 0 Å². The number of aliphatic hydroxyl groups excluding tert-OH is 1. The zero-order valence-electron chi connectivity index (χ0n) is 8.74. The third-order valence-electron chi connectivity index (χ3n) is 2.10. The highest BCUT2D eigenvalue weighted by Crippen LogP contribution is 2.32. The Labute approximate surface area is 103 Å². The van der Waals surface area contributed by atoms with Gasteiger partial charge in [-0.15, -0.1) is 11.8 Å². The number of halogens is 1. The molecule has 1 unspecified atom stereocenters. The molecule has 0 aliphatic heterocycles. The Hall–Kier alpha value is -0.0300. The van der Waals surface area contributed by atoms with Crippen molar-refractivity contribution < 1.29 is 5.11 Å². The summed E-state index contributed by atoms with van der Waals surface area (Å²) in [4.78, 5) is 1.20. The molecule has 0 amide bonds. The molecule has 4 heteroatoms. The van der Waals surface area contributed by atoms with Crippen LogP contribution in [0.25, 0.3) is 0 Å². The molecular formula is C11H16BrNOS. The molecule has 0 fully saturated rings. The van der Waals surface area contributed by atoms with Gasteiger partial charge in [0.1, 0.15) is 0 Å². The van der Waals surface area contributed by atoms with Crippen molar-refractivity contribution in [2.75, 3.05) is 6.61 Å². The van der Waals surface area contributed by atoms with Gasteiger partial charge in [0, 0.05) is 27.8 Å². The van der Waals surface area contributed by atoms with Gasteiger partial charge in [-0.3, -0.25) is 0 Å². The number of nitrogens with two attached hydrogens (primary N) is 1. The SMILES string of the molecule is CC(CCO)Sc1ccc(CN)cc1Br. The molecule has 1 aromatic rings. The molecule has 1 rings (SSSR count). The van der Waals surface area contributed by atoms with Gasteiger partial charge in [0.2, 0.25) is 0 Å². The molecule has 2 nitrogen and oxygen atoms in total. The number of hydrogen-bond donors (Lipinski definition) is 2. The van der Waals surface area contributed by atoms with Crippen molar-refractivity contribution in [1.82, 2.24) is 0 Å². The molecule has 0 saturated heterocycles. The summed E-state index contributed by atoms with van der Waals surface area (Å²) in [7, 11) is 0. The molecule has 0 bridgehead atoms. The predicted molar refractivity (Wildman–Crippen MR) is 69.1 cm³/mol. The fraction of sp³-hybridized carbons (Fsp3) is 0.455. The summed E-state index contributed by atoms with van der Waals surface area (Å²) in [6.45, 7) is 2.92. The van der Waals surface area contributed by atoms with Crippen LogP contribution in [0.2, 0.25) is 0 Å².